The Labute approximate surface area is 101 Å². The fourth-order valence-corrected chi connectivity index (χ4v) is 2.10. The number of nitrogens with one attached hydrogen (secondary N) is 1. The third-order valence-corrected chi connectivity index (χ3v) is 3.08. The van der Waals surface area contributed by atoms with Crippen molar-refractivity contribution in [3.05, 3.63) is 0 Å². The van der Waals surface area contributed by atoms with Crippen molar-refractivity contribution in [3.8, 4) is 0 Å². The monoisotopic (exact) mass is 228 g/mol. The SMILES string of the molecule is CC(C)COCCNC1CCCN(C)CC1. The van der Waals surface area contributed by atoms with E-state index in [0.29, 0.717) is 12.0 Å². The number of hydrogen-bond donors (Lipinski definition) is 1. The van der Waals surface area contributed by atoms with Crippen LogP contribution in [0.5, 0.6) is 0 Å². The second kappa shape index (κ2) is 8.04. The van der Waals surface area contributed by atoms with Crippen LogP contribution in [0.2, 0.25) is 0 Å². The molecule has 1 saturated heterocycles. The highest BCUT2D eigenvalue weighted by atomic mass is 16.5. The van der Waals surface area contributed by atoms with Gasteiger partial charge in [-0.25, -0.2) is 0 Å². The Morgan fingerprint density at radius 2 is 2.12 bits per heavy atom. The molecule has 1 unspecified atom stereocenters. The van der Waals surface area contributed by atoms with Crippen LogP contribution in [0.4, 0.5) is 0 Å². The summed E-state index contributed by atoms with van der Waals surface area (Å²) in [6, 6.07) is 0.701. The molecule has 0 aromatic heterocycles. The van der Waals surface area contributed by atoms with Crippen molar-refractivity contribution >= 4 is 0 Å². The fraction of sp³-hybridized carbons (Fsp3) is 1.00. The zero-order valence-corrected chi connectivity index (χ0v) is 11.2. The van der Waals surface area contributed by atoms with E-state index in [4.69, 9.17) is 4.74 Å². The average molecular weight is 228 g/mol. The van der Waals surface area contributed by atoms with Gasteiger partial charge in [-0.15, -0.1) is 0 Å². The van der Waals surface area contributed by atoms with Gasteiger partial charge in [0.2, 0.25) is 0 Å². The van der Waals surface area contributed by atoms with Crippen LogP contribution in [0.3, 0.4) is 0 Å². The molecule has 0 radical (unpaired) electrons. The lowest BCUT2D eigenvalue weighted by atomic mass is 10.1. The highest BCUT2D eigenvalue weighted by Crippen LogP contribution is 2.09. The quantitative estimate of drug-likeness (QED) is 0.701. The molecule has 3 nitrogen and oxygen atoms in total. The summed E-state index contributed by atoms with van der Waals surface area (Å²) in [6.07, 6.45) is 3.91. The largest absolute Gasteiger partial charge is 0.380 e. The summed E-state index contributed by atoms with van der Waals surface area (Å²) in [7, 11) is 2.22. The van der Waals surface area contributed by atoms with E-state index in [1.165, 1.54) is 32.4 Å². The van der Waals surface area contributed by atoms with E-state index in [-0.39, 0.29) is 0 Å². The predicted molar refractivity (Wildman–Crippen MR) is 68.8 cm³/mol. The molecule has 0 amide bonds. The summed E-state index contributed by atoms with van der Waals surface area (Å²) in [5, 5.41) is 3.60. The second-order valence-electron chi connectivity index (χ2n) is 5.35. The Morgan fingerprint density at radius 1 is 1.31 bits per heavy atom. The lowest BCUT2D eigenvalue weighted by molar-refractivity contribution is 0.109. The van der Waals surface area contributed by atoms with Crippen molar-refractivity contribution in [1.82, 2.24) is 10.2 Å². The summed E-state index contributed by atoms with van der Waals surface area (Å²) in [4.78, 5) is 2.43. The maximum absolute atomic E-state index is 5.57. The average Bonchev–Trinajstić information content (AvgIpc) is 2.43. The van der Waals surface area contributed by atoms with E-state index in [0.717, 1.165) is 19.8 Å². The van der Waals surface area contributed by atoms with E-state index in [2.05, 4.69) is 31.1 Å². The van der Waals surface area contributed by atoms with Crippen molar-refractivity contribution in [2.45, 2.75) is 39.2 Å². The molecule has 0 spiro atoms. The summed E-state index contributed by atoms with van der Waals surface area (Å²) in [6.45, 7) is 9.59. The van der Waals surface area contributed by atoms with E-state index in [1.807, 2.05) is 0 Å². The molecular weight excluding hydrogens is 200 g/mol. The van der Waals surface area contributed by atoms with Crippen molar-refractivity contribution in [2.75, 3.05) is 39.9 Å². The van der Waals surface area contributed by atoms with Crippen molar-refractivity contribution in [2.24, 2.45) is 5.92 Å². The van der Waals surface area contributed by atoms with Gasteiger partial charge in [-0.2, -0.15) is 0 Å². The molecule has 0 bridgehead atoms. The van der Waals surface area contributed by atoms with E-state index in [1.54, 1.807) is 0 Å². The zero-order valence-electron chi connectivity index (χ0n) is 11.2. The minimum absolute atomic E-state index is 0.645. The summed E-state index contributed by atoms with van der Waals surface area (Å²) >= 11 is 0. The molecule has 96 valence electrons. The first kappa shape index (κ1) is 13.9. The lowest BCUT2D eigenvalue weighted by Crippen LogP contribution is -2.33. The van der Waals surface area contributed by atoms with Crippen molar-refractivity contribution < 1.29 is 4.74 Å². The first-order valence-corrected chi connectivity index (χ1v) is 6.68. The summed E-state index contributed by atoms with van der Waals surface area (Å²) < 4.78 is 5.57. The van der Waals surface area contributed by atoms with E-state index < -0.39 is 0 Å². The number of ether oxygens (including phenoxy) is 1. The molecule has 0 saturated carbocycles. The summed E-state index contributed by atoms with van der Waals surface area (Å²) in [5.74, 6) is 0.645. The van der Waals surface area contributed by atoms with Gasteiger partial charge in [-0.05, 0) is 45.3 Å². The zero-order chi connectivity index (χ0) is 11.8. The van der Waals surface area contributed by atoms with Crippen LogP contribution in [0.1, 0.15) is 33.1 Å². The number of hydrogen-bond acceptors (Lipinski definition) is 3. The molecule has 1 fully saturated rings. The molecular formula is C13H28N2O. The third-order valence-electron chi connectivity index (χ3n) is 3.08. The molecule has 1 rings (SSSR count). The summed E-state index contributed by atoms with van der Waals surface area (Å²) in [5.41, 5.74) is 0. The maximum atomic E-state index is 5.57. The van der Waals surface area contributed by atoms with Gasteiger partial charge in [0.05, 0.1) is 6.61 Å². The normalized spacial score (nSPS) is 23.6. The number of rotatable bonds is 6. The molecule has 1 aliphatic rings. The Kier molecular flexibility index (Phi) is 7.01. The molecule has 1 heterocycles. The van der Waals surface area contributed by atoms with Gasteiger partial charge in [0.25, 0.3) is 0 Å². The number of likely N-dealkylation sites (tertiary alicyclic amines) is 1. The Hall–Kier alpha value is -0.120. The molecule has 1 N–H and O–H groups in total. The molecule has 16 heavy (non-hydrogen) atoms. The molecule has 1 atom stereocenters. The first-order chi connectivity index (χ1) is 7.68. The van der Waals surface area contributed by atoms with Gasteiger partial charge >= 0.3 is 0 Å². The van der Waals surface area contributed by atoms with Gasteiger partial charge in [0.15, 0.2) is 0 Å². The standard InChI is InChI=1S/C13H28N2O/c1-12(2)11-16-10-7-14-13-5-4-8-15(3)9-6-13/h12-14H,4-11H2,1-3H3. The van der Waals surface area contributed by atoms with Crippen molar-refractivity contribution in [3.63, 3.8) is 0 Å². The maximum Gasteiger partial charge on any atom is 0.0591 e. The first-order valence-electron chi connectivity index (χ1n) is 6.68. The molecule has 0 aromatic carbocycles. The molecule has 0 aliphatic carbocycles. The molecule has 1 aliphatic heterocycles. The van der Waals surface area contributed by atoms with Gasteiger partial charge in [0, 0.05) is 19.2 Å². The highest BCUT2D eigenvalue weighted by Gasteiger charge is 2.13. The van der Waals surface area contributed by atoms with Crippen LogP contribution in [0.25, 0.3) is 0 Å². The Bertz CT molecular complexity index is 173. The topological polar surface area (TPSA) is 24.5 Å². The van der Waals surface area contributed by atoms with Crippen LogP contribution in [-0.4, -0.2) is 50.8 Å². The number of nitrogens with zero attached hydrogens (tertiary/aromatic N) is 1. The minimum atomic E-state index is 0.645. The van der Waals surface area contributed by atoms with Gasteiger partial charge in [0.1, 0.15) is 0 Å². The Balaban J connectivity index is 1.99. The predicted octanol–water partition coefficient (Wildman–Crippen LogP) is 1.73. The van der Waals surface area contributed by atoms with Crippen LogP contribution < -0.4 is 5.32 Å². The fourth-order valence-electron chi connectivity index (χ4n) is 2.10. The highest BCUT2D eigenvalue weighted by molar-refractivity contribution is 4.73. The third kappa shape index (κ3) is 6.46. The lowest BCUT2D eigenvalue weighted by Gasteiger charge is -2.17. The van der Waals surface area contributed by atoms with Crippen LogP contribution in [0, 0.1) is 5.92 Å². The van der Waals surface area contributed by atoms with Crippen LogP contribution >= 0.6 is 0 Å². The Morgan fingerprint density at radius 3 is 2.88 bits per heavy atom. The van der Waals surface area contributed by atoms with Crippen molar-refractivity contribution in [1.29, 1.82) is 0 Å². The second-order valence-corrected chi connectivity index (χ2v) is 5.35. The smallest absolute Gasteiger partial charge is 0.0591 e. The molecule has 3 heteroatoms. The van der Waals surface area contributed by atoms with E-state index >= 15 is 0 Å². The van der Waals surface area contributed by atoms with Gasteiger partial charge < -0.3 is 15.0 Å². The van der Waals surface area contributed by atoms with Gasteiger partial charge in [-0.1, -0.05) is 13.8 Å². The van der Waals surface area contributed by atoms with Crippen LogP contribution in [-0.2, 0) is 4.74 Å². The van der Waals surface area contributed by atoms with E-state index in [9.17, 15) is 0 Å². The molecule has 0 aromatic rings. The van der Waals surface area contributed by atoms with Gasteiger partial charge in [-0.3, -0.25) is 0 Å². The minimum Gasteiger partial charge on any atom is -0.380 e. The van der Waals surface area contributed by atoms with Crippen LogP contribution in [0.15, 0.2) is 0 Å².